The molecule has 3 nitrogen and oxygen atoms in total. The topological polar surface area (TPSA) is 9.72 Å². The zero-order valence-corrected chi connectivity index (χ0v) is 48.7. The van der Waals surface area contributed by atoms with Crippen molar-refractivity contribution >= 4 is 120 Å². The summed E-state index contributed by atoms with van der Waals surface area (Å²) in [5.74, 6) is 0. The van der Waals surface area contributed by atoms with Gasteiger partial charge in [0, 0.05) is 90.3 Å². The van der Waals surface area contributed by atoms with E-state index in [9.17, 15) is 0 Å². The van der Waals surface area contributed by atoms with Crippen LogP contribution in [0, 0.1) is 0 Å². The fourth-order valence-electron chi connectivity index (χ4n) is 15.8. The Hall–Kier alpha value is -7.36. The lowest BCUT2D eigenvalue weighted by Gasteiger charge is -2.43. The first-order chi connectivity index (χ1) is 37.7. The third kappa shape index (κ3) is 6.11. The molecular formula is C75H77N3. The number of nitrogens with zero attached hydrogens (tertiary/aromatic N) is 3. The van der Waals surface area contributed by atoms with E-state index in [1.807, 2.05) is 0 Å². The number of benzene rings is 10. The minimum Gasteiger partial charge on any atom is -0.342 e. The summed E-state index contributed by atoms with van der Waals surface area (Å²) in [7, 11) is 0. The van der Waals surface area contributed by atoms with Crippen LogP contribution in [0.25, 0.3) is 120 Å². The van der Waals surface area contributed by atoms with E-state index in [-0.39, 0.29) is 0 Å². The Balaban J connectivity index is 1.03. The van der Waals surface area contributed by atoms with Crippen LogP contribution in [0.2, 0.25) is 0 Å². The molecule has 3 aliphatic rings. The van der Waals surface area contributed by atoms with Gasteiger partial charge in [0.25, 0.3) is 0 Å². The van der Waals surface area contributed by atoms with Crippen LogP contribution < -0.4 is 0 Å². The van der Waals surface area contributed by atoms with Crippen LogP contribution in [0.15, 0.2) is 88.0 Å². The van der Waals surface area contributed by atoms with Crippen LogP contribution >= 0.6 is 0 Å². The second-order valence-corrected chi connectivity index (χ2v) is 22.8. The lowest BCUT2D eigenvalue weighted by molar-refractivity contribution is 0.395. The van der Waals surface area contributed by atoms with Gasteiger partial charge in [0.15, 0.2) is 0 Å². The molecule has 0 bridgehead atoms. The number of rotatable bonds is 13. The first kappa shape index (κ1) is 50.2. The molecule has 13 rings (SSSR count). The first-order valence-corrected chi connectivity index (χ1v) is 29.8. The van der Waals surface area contributed by atoms with Crippen LogP contribution in [-0.4, -0.2) is 27.9 Å². The van der Waals surface area contributed by atoms with E-state index in [4.69, 9.17) is 39.5 Å². The highest BCUT2D eigenvalue weighted by molar-refractivity contribution is 6.40. The van der Waals surface area contributed by atoms with Crippen LogP contribution in [0.4, 0.5) is 0 Å². The maximum atomic E-state index is 5.06. The summed E-state index contributed by atoms with van der Waals surface area (Å²) in [5.41, 5.74) is 27.5. The Kier molecular flexibility index (Phi) is 11.5. The first-order valence-electron chi connectivity index (χ1n) is 29.8. The van der Waals surface area contributed by atoms with Crippen molar-refractivity contribution < 1.29 is 0 Å². The lowest BCUT2D eigenvalue weighted by Crippen LogP contribution is -2.36. The Morgan fingerprint density at radius 3 is 0.603 bits per heavy atom. The smallest absolute Gasteiger partial charge is 0.0999 e. The molecule has 0 saturated heterocycles. The summed E-state index contributed by atoms with van der Waals surface area (Å²) >= 11 is 0. The molecular weight excluding hydrogens is 943 g/mol. The predicted octanol–water partition coefficient (Wildman–Crippen LogP) is 19.9. The van der Waals surface area contributed by atoms with Crippen molar-refractivity contribution in [3.8, 4) is 0 Å². The SMILES string of the molecule is C=C1c2cc(CC)c3c4c(CC)cc(CC)c5c(CC)cc(CC)c(c6c(CC)cc(c2c36)C(=C)N1CN1C(=C)c2cc(CC)c3c6c(CC)cc7c8c(cc(CC)c(c9c(CC)cc(c2c39)C1=C)c86)C(=C)N(CC)C7=C)c54. The third-order valence-corrected chi connectivity index (χ3v) is 19.7. The van der Waals surface area contributed by atoms with Gasteiger partial charge in [-0.1, -0.05) is 121 Å². The van der Waals surface area contributed by atoms with Crippen molar-refractivity contribution in [1.82, 2.24) is 14.7 Å². The van der Waals surface area contributed by atoms with Crippen molar-refractivity contribution in [3.05, 3.63) is 177 Å². The van der Waals surface area contributed by atoms with Crippen LogP contribution in [0.1, 0.15) is 165 Å². The molecule has 0 fully saturated rings. The molecule has 78 heavy (non-hydrogen) atoms. The molecule has 10 aromatic rings. The highest BCUT2D eigenvalue weighted by atomic mass is 15.3. The summed E-state index contributed by atoms with van der Waals surface area (Å²) < 4.78 is 0. The summed E-state index contributed by atoms with van der Waals surface area (Å²) in [6.45, 7) is 56.7. The third-order valence-electron chi connectivity index (χ3n) is 19.7. The van der Waals surface area contributed by atoms with E-state index in [1.165, 1.54) is 175 Å². The quantitative estimate of drug-likeness (QED) is 0.0842. The molecule has 0 aromatic heterocycles. The molecule has 0 saturated carbocycles. The molecule has 0 amide bonds. The molecule has 0 radical (unpaired) electrons. The van der Waals surface area contributed by atoms with Gasteiger partial charge in [0.2, 0.25) is 0 Å². The monoisotopic (exact) mass is 1020 g/mol. The van der Waals surface area contributed by atoms with E-state index >= 15 is 0 Å². The minimum atomic E-state index is 0.494. The summed E-state index contributed by atoms with van der Waals surface area (Å²) in [6, 6.07) is 20.1. The van der Waals surface area contributed by atoms with Gasteiger partial charge < -0.3 is 14.7 Å². The molecule has 392 valence electrons. The fraction of sp³-hybridized carbons (Fsp3) is 0.307. The van der Waals surface area contributed by atoms with E-state index in [2.05, 4.69) is 139 Å². The van der Waals surface area contributed by atoms with Gasteiger partial charge in [-0.05, 0) is 233 Å². The Morgan fingerprint density at radius 2 is 0.397 bits per heavy atom. The summed E-state index contributed by atoms with van der Waals surface area (Å²) in [5, 5.41) is 22.4. The summed E-state index contributed by atoms with van der Waals surface area (Å²) in [6.07, 6.45) is 9.50. The second-order valence-electron chi connectivity index (χ2n) is 22.8. The average Bonchev–Trinajstić information content (AvgIpc) is 2.86. The fourth-order valence-corrected chi connectivity index (χ4v) is 15.8. The van der Waals surface area contributed by atoms with Crippen molar-refractivity contribution in [1.29, 1.82) is 0 Å². The molecule has 0 atom stereocenters. The highest BCUT2D eigenvalue weighted by Gasteiger charge is 2.37. The zero-order chi connectivity index (χ0) is 54.8. The van der Waals surface area contributed by atoms with Crippen molar-refractivity contribution in [2.45, 2.75) is 140 Å². The Bertz CT molecular complexity index is 4190. The van der Waals surface area contributed by atoms with Crippen LogP contribution in [0.5, 0.6) is 0 Å². The molecule has 10 aromatic carbocycles. The van der Waals surface area contributed by atoms with E-state index < -0.39 is 0 Å². The minimum absolute atomic E-state index is 0.494. The molecule has 0 N–H and O–H groups in total. The molecule has 3 heterocycles. The highest BCUT2D eigenvalue weighted by Crippen LogP contribution is 2.57. The number of hydrogen-bond donors (Lipinski definition) is 0. The maximum absolute atomic E-state index is 5.06. The predicted molar refractivity (Wildman–Crippen MR) is 344 cm³/mol. The van der Waals surface area contributed by atoms with Crippen LogP contribution in [-0.2, 0) is 64.2 Å². The van der Waals surface area contributed by atoms with Gasteiger partial charge in [-0.3, -0.25) is 0 Å². The molecule has 3 aliphatic heterocycles. The van der Waals surface area contributed by atoms with E-state index in [1.54, 1.807) is 0 Å². The van der Waals surface area contributed by atoms with Crippen molar-refractivity contribution in [2.75, 3.05) is 13.2 Å². The molecule has 0 aliphatic carbocycles. The molecule has 0 spiro atoms. The van der Waals surface area contributed by atoms with Gasteiger partial charge in [0.1, 0.15) is 0 Å². The van der Waals surface area contributed by atoms with Gasteiger partial charge in [-0.2, -0.15) is 0 Å². The van der Waals surface area contributed by atoms with E-state index in [0.29, 0.717) is 6.67 Å². The maximum Gasteiger partial charge on any atom is 0.0999 e. The molecule has 0 unspecified atom stereocenters. The van der Waals surface area contributed by atoms with Gasteiger partial charge in [0.05, 0.1) is 6.67 Å². The van der Waals surface area contributed by atoms with Crippen molar-refractivity contribution in [2.24, 2.45) is 0 Å². The molecule has 3 heteroatoms. The Labute approximate surface area is 463 Å². The largest absolute Gasteiger partial charge is 0.342 e. The number of aryl methyl sites for hydroxylation is 10. The van der Waals surface area contributed by atoms with Crippen molar-refractivity contribution in [3.63, 3.8) is 0 Å². The summed E-state index contributed by atoms with van der Waals surface area (Å²) in [4.78, 5) is 7.08. The standard InChI is InChI=1S/C75H77N3/c1-18-44-29-46(20-3)61-63-50(24-7)33-56-40(14)77(41(15)57-34-51(25-8)64(73(63)70(56)57)62-47(21-4)30-45(19-2)60(44)72(61)62)37-78-42(16)58-35-52(26-9)67-65-48(22-5)31-54-38(12)76(28-11)39(13)55-32-49(23-6)66(74(65)69(54)55)68-53(27-10)36-59(43(78)17)71(58)75(67)68/h29-36H,12-28,37H2,1-11H3. The second kappa shape index (κ2) is 17.8. The lowest BCUT2D eigenvalue weighted by atomic mass is 9.75. The van der Waals surface area contributed by atoms with Crippen LogP contribution in [0.3, 0.4) is 0 Å². The Morgan fingerprint density at radius 1 is 0.218 bits per heavy atom. The van der Waals surface area contributed by atoms with Gasteiger partial charge in [-0.15, -0.1) is 0 Å². The van der Waals surface area contributed by atoms with E-state index in [0.717, 1.165) is 105 Å². The normalized spacial score (nSPS) is 14.8. The zero-order valence-electron chi connectivity index (χ0n) is 48.7. The number of hydrogen-bond acceptors (Lipinski definition) is 3. The van der Waals surface area contributed by atoms with Gasteiger partial charge in [-0.25, -0.2) is 0 Å². The number of fused-ring (bicyclic) bond motifs is 4. The van der Waals surface area contributed by atoms with Gasteiger partial charge >= 0.3 is 0 Å². The average molecular weight is 1020 g/mol.